The summed E-state index contributed by atoms with van der Waals surface area (Å²) in [5.41, 5.74) is 0.165. The molecule has 0 aromatic heterocycles. The summed E-state index contributed by atoms with van der Waals surface area (Å²) in [7, 11) is 0. The van der Waals surface area contributed by atoms with E-state index in [1.807, 2.05) is 0 Å². The molecule has 2 rings (SSSR count). The summed E-state index contributed by atoms with van der Waals surface area (Å²) in [6.45, 7) is 9.00. The molecule has 0 aromatic carbocycles. The minimum atomic E-state index is 0.165. The second-order valence-electron chi connectivity index (χ2n) is 6.93. The van der Waals surface area contributed by atoms with E-state index in [-0.39, 0.29) is 5.60 Å². The molecule has 1 aliphatic heterocycles. The molecule has 3 atom stereocenters. The zero-order valence-corrected chi connectivity index (χ0v) is 12.5. The number of hydrogen-bond acceptors (Lipinski definition) is 2. The highest BCUT2D eigenvalue weighted by molar-refractivity contribution is 4.97. The van der Waals surface area contributed by atoms with Crippen molar-refractivity contribution in [3.63, 3.8) is 0 Å². The van der Waals surface area contributed by atoms with E-state index < -0.39 is 0 Å². The van der Waals surface area contributed by atoms with Crippen molar-refractivity contribution in [2.45, 2.75) is 77.4 Å². The van der Waals surface area contributed by atoms with Gasteiger partial charge in [-0.2, -0.15) is 0 Å². The van der Waals surface area contributed by atoms with E-state index in [1.54, 1.807) is 0 Å². The monoisotopic (exact) mass is 253 g/mol. The van der Waals surface area contributed by atoms with Gasteiger partial charge in [0.25, 0.3) is 0 Å². The highest BCUT2D eigenvalue weighted by atomic mass is 16.5. The summed E-state index contributed by atoms with van der Waals surface area (Å²) < 4.78 is 6.32. The third-order valence-electron chi connectivity index (χ3n) is 4.91. The Hall–Kier alpha value is -0.0800. The van der Waals surface area contributed by atoms with Crippen LogP contribution >= 0.6 is 0 Å². The van der Waals surface area contributed by atoms with E-state index in [0.29, 0.717) is 6.04 Å². The average molecular weight is 253 g/mol. The van der Waals surface area contributed by atoms with Gasteiger partial charge in [-0.3, -0.25) is 0 Å². The molecule has 0 amide bonds. The summed E-state index contributed by atoms with van der Waals surface area (Å²) in [5.74, 6) is 1.69. The first kappa shape index (κ1) is 14.3. The fourth-order valence-electron chi connectivity index (χ4n) is 3.64. The molecule has 2 nitrogen and oxygen atoms in total. The Labute approximate surface area is 113 Å². The van der Waals surface area contributed by atoms with Crippen LogP contribution in [0.5, 0.6) is 0 Å². The van der Waals surface area contributed by atoms with Gasteiger partial charge < -0.3 is 10.1 Å². The van der Waals surface area contributed by atoms with Gasteiger partial charge in [-0.05, 0) is 43.9 Å². The van der Waals surface area contributed by atoms with Crippen LogP contribution in [0.15, 0.2) is 0 Å². The Morgan fingerprint density at radius 2 is 2.11 bits per heavy atom. The van der Waals surface area contributed by atoms with Crippen LogP contribution in [0.1, 0.15) is 65.7 Å². The molecule has 0 aromatic rings. The van der Waals surface area contributed by atoms with Gasteiger partial charge in [0.1, 0.15) is 0 Å². The van der Waals surface area contributed by atoms with Crippen molar-refractivity contribution < 1.29 is 4.74 Å². The van der Waals surface area contributed by atoms with Gasteiger partial charge in [-0.25, -0.2) is 0 Å². The fourth-order valence-corrected chi connectivity index (χ4v) is 3.64. The first-order chi connectivity index (χ1) is 8.62. The maximum absolute atomic E-state index is 6.32. The van der Waals surface area contributed by atoms with E-state index in [9.17, 15) is 0 Å². The standard InChI is InChI=1S/C16H31NO/c1-13(2)6-7-15-16(18-12-11-17-15)9-4-5-14(3)8-10-16/h13-15,17H,4-12H2,1-3H3. The quantitative estimate of drug-likeness (QED) is 0.827. The highest BCUT2D eigenvalue weighted by Gasteiger charge is 2.42. The lowest BCUT2D eigenvalue weighted by Gasteiger charge is -2.45. The van der Waals surface area contributed by atoms with Crippen molar-refractivity contribution >= 4 is 0 Å². The average Bonchev–Trinajstić information content (AvgIpc) is 2.52. The maximum atomic E-state index is 6.32. The molecule has 0 radical (unpaired) electrons. The molecular weight excluding hydrogens is 222 g/mol. The predicted molar refractivity (Wildman–Crippen MR) is 76.8 cm³/mol. The van der Waals surface area contributed by atoms with Gasteiger partial charge in [0.15, 0.2) is 0 Å². The van der Waals surface area contributed by atoms with Crippen LogP contribution in [-0.2, 0) is 4.74 Å². The molecule has 1 saturated carbocycles. The summed E-state index contributed by atoms with van der Waals surface area (Å²) in [6.07, 6.45) is 9.23. The normalized spacial score (nSPS) is 38.0. The maximum Gasteiger partial charge on any atom is 0.0835 e. The van der Waals surface area contributed by atoms with Crippen LogP contribution in [0, 0.1) is 11.8 Å². The molecule has 18 heavy (non-hydrogen) atoms. The third-order valence-corrected chi connectivity index (χ3v) is 4.91. The first-order valence-electron chi connectivity index (χ1n) is 8.00. The fraction of sp³-hybridized carbons (Fsp3) is 1.00. The van der Waals surface area contributed by atoms with Crippen LogP contribution in [0.25, 0.3) is 0 Å². The number of hydrogen-bond donors (Lipinski definition) is 1. The molecule has 2 aliphatic rings. The van der Waals surface area contributed by atoms with E-state index >= 15 is 0 Å². The molecule has 3 unspecified atom stereocenters. The minimum absolute atomic E-state index is 0.165. The van der Waals surface area contributed by atoms with Crippen LogP contribution < -0.4 is 5.32 Å². The molecule has 0 bridgehead atoms. The van der Waals surface area contributed by atoms with Crippen LogP contribution in [0.4, 0.5) is 0 Å². The van der Waals surface area contributed by atoms with E-state index in [4.69, 9.17) is 4.74 Å². The largest absolute Gasteiger partial charge is 0.372 e. The number of ether oxygens (including phenoxy) is 1. The first-order valence-corrected chi connectivity index (χ1v) is 8.00. The summed E-state index contributed by atoms with van der Waals surface area (Å²) in [5, 5.41) is 3.75. The molecule has 1 aliphatic carbocycles. The summed E-state index contributed by atoms with van der Waals surface area (Å²) >= 11 is 0. The highest BCUT2D eigenvalue weighted by Crippen LogP contribution is 2.38. The SMILES string of the molecule is CC(C)CCC1NCCOC12CCCC(C)CC2. The van der Waals surface area contributed by atoms with E-state index in [0.717, 1.165) is 25.0 Å². The molecule has 1 spiro atoms. The van der Waals surface area contributed by atoms with Crippen molar-refractivity contribution in [3.8, 4) is 0 Å². The van der Waals surface area contributed by atoms with Gasteiger partial charge in [0.05, 0.1) is 12.2 Å². The summed E-state index contributed by atoms with van der Waals surface area (Å²) in [4.78, 5) is 0. The molecule has 1 N–H and O–H groups in total. The van der Waals surface area contributed by atoms with Gasteiger partial charge in [-0.1, -0.05) is 33.6 Å². The molecule has 106 valence electrons. The predicted octanol–water partition coefficient (Wildman–Crippen LogP) is 3.75. The van der Waals surface area contributed by atoms with Crippen LogP contribution in [0.2, 0.25) is 0 Å². The van der Waals surface area contributed by atoms with Crippen molar-refractivity contribution in [1.82, 2.24) is 5.32 Å². The minimum Gasteiger partial charge on any atom is -0.372 e. The zero-order valence-electron chi connectivity index (χ0n) is 12.5. The Balaban J connectivity index is 2.00. The van der Waals surface area contributed by atoms with Crippen molar-refractivity contribution in [1.29, 1.82) is 0 Å². The molecule has 1 saturated heterocycles. The number of morpholine rings is 1. The van der Waals surface area contributed by atoms with Gasteiger partial charge in [0, 0.05) is 12.6 Å². The Morgan fingerprint density at radius 1 is 1.28 bits per heavy atom. The van der Waals surface area contributed by atoms with Gasteiger partial charge >= 0.3 is 0 Å². The van der Waals surface area contributed by atoms with Gasteiger partial charge in [-0.15, -0.1) is 0 Å². The lowest BCUT2D eigenvalue weighted by atomic mass is 9.81. The second kappa shape index (κ2) is 6.38. The van der Waals surface area contributed by atoms with Crippen molar-refractivity contribution in [3.05, 3.63) is 0 Å². The number of nitrogens with one attached hydrogen (secondary N) is 1. The molecular formula is C16H31NO. The second-order valence-corrected chi connectivity index (χ2v) is 6.93. The molecule has 1 heterocycles. The topological polar surface area (TPSA) is 21.3 Å². The smallest absolute Gasteiger partial charge is 0.0835 e. The van der Waals surface area contributed by atoms with Crippen LogP contribution in [-0.4, -0.2) is 24.8 Å². The lowest BCUT2D eigenvalue weighted by Crippen LogP contribution is -2.57. The summed E-state index contributed by atoms with van der Waals surface area (Å²) in [6, 6.07) is 0.596. The van der Waals surface area contributed by atoms with Crippen molar-refractivity contribution in [2.75, 3.05) is 13.2 Å². The van der Waals surface area contributed by atoms with Gasteiger partial charge in [0.2, 0.25) is 0 Å². The Bertz CT molecular complexity index is 253. The van der Waals surface area contributed by atoms with Crippen molar-refractivity contribution in [2.24, 2.45) is 11.8 Å². The van der Waals surface area contributed by atoms with E-state index in [2.05, 4.69) is 26.1 Å². The zero-order chi connectivity index (χ0) is 13.0. The molecule has 2 fully saturated rings. The van der Waals surface area contributed by atoms with Crippen LogP contribution in [0.3, 0.4) is 0 Å². The number of rotatable bonds is 3. The third kappa shape index (κ3) is 3.48. The lowest BCUT2D eigenvalue weighted by molar-refractivity contribution is -0.109. The Morgan fingerprint density at radius 3 is 2.89 bits per heavy atom. The van der Waals surface area contributed by atoms with E-state index in [1.165, 1.54) is 44.9 Å². The molecule has 2 heteroatoms. The Kier molecular flexibility index (Phi) is 5.08.